The fourth-order valence-electron chi connectivity index (χ4n) is 1.32. The Morgan fingerprint density at radius 1 is 1.56 bits per heavy atom. The summed E-state index contributed by atoms with van der Waals surface area (Å²) < 4.78 is 3.92. The van der Waals surface area contributed by atoms with Gasteiger partial charge in [0.15, 0.2) is 0 Å². The van der Waals surface area contributed by atoms with E-state index >= 15 is 0 Å². The predicted molar refractivity (Wildman–Crippen MR) is 56.4 cm³/mol. The Morgan fingerprint density at radius 3 is 2.75 bits per heavy atom. The van der Waals surface area contributed by atoms with Gasteiger partial charge in [-0.3, -0.25) is 10.1 Å². The summed E-state index contributed by atoms with van der Waals surface area (Å²) in [6.07, 6.45) is 0. The summed E-state index contributed by atoms with van der Waals surface area (Å²) in [5.74, 6) is -0.704. The van der Waals surface area contributed by atoms with Crippen molar-refractivity contribution >= 4 is 28.7 Å². The SMILES string of the molecule is Cc1nsc(NC(=O)N2CC(C(=O)O)C2)n1. The van der Waals surface area contributed by atoms with Gasteiger partial charge in [-0.15, -0.1) is 0 Å². The number of carbonyl (C=O) groups excluding carboxylic acids is 1. The van der Waals surface area contributed by atoms with Crippen molar-refractivity contribution in [3.63, 3.8) is 0 Å². The molecule has 0 aliphatic carbocycles. The van der Waals surface area contributed by atoms with Crippen molar-refractivity contribution in [1.29, 1.82) is 0 Å². The molecule has 16 heavy (non-hydrogen) atoms. The van der Waals surface area contributed by atoms with E-state index in [1.54, 1.807) is 6.92 Å². The maximum Gasteiger partial charge on any atom is 0.323 e. The number of aryl methyl sites for hydroxylation is 1. The van der Waals surface area contributed by atoms with Crippen molar-refractivity contribution < 1.29 is 14.7 Å². The largest absolute Gasteiger partial charge is 0.481 e. The van der Waals surface area contributed by atoms with Crippen molar-refractivity contribution in [3.05, 3.63) is 5.82 Å². The lowest BCUT2D eigenvalue weighted by molar-refractivity contribution is -0.145. The highest BCUT2D eigenvalue weighted by molar-refractivity contribution is 7.09. The Balaban J connectivity index is 1.84. The first-order chi connectivity index (χ1) is 7.56. The number of anilines is 1. The van der Waals surface area contributed by atoms with Crippen molar-refractivity contribution in [3.8, 4) is 0 Å². The summed E-state index contributed by atoms with van der Waals surface area (Å²) in [4.78, 5) is 27.5. The Labute approximate surface area is 95.3 Å². The fraction of sp³-hybridized carbons (Fsp3) is 0.500. The summed E-state index contributed by atoms with van der Waals surface area (Å²) in [6, 6.07) is -0.325. The number of rotatable bonds is 2. The first-order valence-electron chi connectivity index (χ1n) is 4.65. The number of urea groups is 1. The molecule has 0 aromatic carbocycles. The molecule has 2 amide bonds. The zero-order valence-corrected chi connectivity index (χ0v) is 9.32. The fourth-order valence-corrected chi connectivity index (χ4v) is 1.88. The van der Waals surface area contributed by atoms with Crippen LogP contribution in [-0.2, 0) is 4.79 Å². The van der Waals surface area contributed by atoms with Crippen LogP contribution in [0.25, 0.3) is 0 Å². The molecular formula is C8H10N4O3S. The topological polar surface area (TPSA) is 95.4 Å². The highest BCUT2D eigenvalue weighted by atomic mass is 32.1. The van der Waals surface area contributed by atoms with Gasteiger partial charge >= 0.3 is 12.0 Å². The molecule has 8 heteroatoms. The lowest BCUT2D eigenvalue weighted by atomic mass is 10.0. The average Bonchev–Trinajstić information content (AvgIpc) is 2.47. The minimum Gasteiger partial charge on any atom is -0.481 e. The van der Waals surface area contributed by atoms with E-state index in [0.717, 1.165) is 11.5 Å². The highest BCUT2D eigenvalue weighted by Gasteiger charge is 2.35. The summed E-state index contributed by atoms with van der Waals surface area (Å²) >= 11 is 1.10. The second kappa shape index (κ2) is 4.05. The number of carboxylic acid groups (broad SMARTS) is 1. The summed E-state index contributed by atoms with van der Waals surface area (Å²) in [5, 5.41) is 11.6. The number of aliphatic carboxylic acids is 1. The first-order valence-corrected chi connectivity index (χ1v) is 5.42. The van der Waals surface area contributed by atoms with Gasteiger partial charge in [0.25, 0.3) is 0 Å². The molecule has 1 fully saturated rings. The Kier molecular flexibility index (Phi) is 2.73. The Hall–Kier alpha value is -1.70. The minimum absolute atomic E-state index is 0.249. The van der Waals surface area contributed by atoms with Gasteiger partial charge in [-0.1, -0.05) is 0 Å². The van der Waals surface area contributed by atoms with Gasteiger partial charge in [0.2, 0.25) is 5.13 Å². The van der Waals surface area contributed by atoms with Crippen LogP contribution in [0.3, 0.4) is 0 Å². The molecule has 2 heterocycles. The monoisotopic (exact) mass is 242 g/mol. The number of nitrogens with zero attached hydrogens (tertiary/aromatic N) is 3. The van der Waals surface area contributed by atoms with E-state index in [0.29, 0.717) is 11.0 Å². The number of hydrogen-bond acceptors (Lipinski definition) is 5. The van der Waals surface area contributed by atoms with Crippen LogP contribution in [0.2, 0.25) is 0 Å². The van der Waals surface area contributed by atoms with Crippen LogP contribution in [0.4, 0.5) is 9.93 Å². The summed E-state index contributed by atoms with van der Waals surface area (Å²) in [5.41, 5.74) is 0. The highest BCUT2D eigenvalue weighted by Crippen LogP contribution is 2.18. The van der Waals surface area contributed by atoms with E-state index in [4.69, 9.17) is 5.11 Å². The lowest BCUT2D eigenvalue weighted by Crippen LogP contribution is -2.54. The Bertz CT molecular complexity index is 427. The van der Waals surface area contributed by atoms with Gasteiger partial charge in [-0.25, -0.2) is 9.78 Å². The van der Waals surface area contributed by atoms with E-state index in [2.05, 4.69) is 14.7 Å². The third-order valence-electron chi connectivity index (χ3n) is 2.26. The number of carboxylic acids is 1. The molecule has 1 aromatic heterocycles. The number of likely N-dealkylation sites (tertiary alicyclic amines) is 1. The second-order valence-corrected chi connectivity index (χ2v) is 4.27. The molecule has 7 nitrogen and oxygen atoms in total. The van der Waals surface area contributed by atoms with Crippen LogP contribution in [0.5, 0.6) is 0 Å². The van der Waals surface area contributed by atoms with Crippen molar-refractivity contribution in [2.45, 2.75) is 6.92 Å². The van der Waals surface area contributed by atoms with Crippen LogP contribution in [-0.4, -0.2) is 44.5 Å². The molecule has 0 saturated carbocycles. The second-order valence-electron chi connectivity index (χ2n) is 3.52. The maximum absolute atomic E-state index is 11.5. The molecule has 0 spiro atoms. The molecule has 1 aliphatic heterocycles. The van der Waals surface area contributed by atoms with Crippen LogP contribution >= 0.6 is 11.5 Å². The molecule has 1 aromatic rings. The molecule has 1 aliphatic rings. The predicted octanol–water partition coefficient (Wildman–Crippen LogP) is 0.395. The van der Waals surface area contributed by atoms with Crippen molar-refractivity contribution in [2.75, 3.05) is 18.4 Å². The van der Waals surface area contributed by atoms with Crippen molar-refractivity contribution in [1.82, 2.24) is 14.3 Å². The van der Waals surface area contributed by atoms with Gasteiger partial charge in [-0.05, 0) is 6.92 Å². The van der Waals surface area contributed by atoms with Crippen LogP contribution in [0.1, 0.15) is 5.82 Å². The number of carbonyl (C=O) groups is 2. The normalized spacial score (nSPS) is 15.7. The van der Waals surface area contributed by atoms with E-state index in [1.807, 2.05) is 0 Å². The zero-order chi connectivity index (χ0) is 11.7. The lowest BCUT2D eigenvalue weighted by Gasteiger charge is -2.36. The summed E-state index contributed by atoms with van der Waals surface area (Å²) in [6.45, 7) is 2.23. The smallest absolute Gasteiger partial charge is 0.323 e. The maximum atomic E-state index is 11.5. The average molecular weight is 242 g/mol. The van der Waals surface area contributed by atoms with Gasteiger partial charge in [0.05, 0.1) is 5.92 Å². The van der Waals surface area contributed by atoms with Crippen molar-refractivity contribution in [2.24, 2.45) is 5.92 Å². The van der Waals surface area contributed by atoms with Crippen LogP contribution in [0.15, 0.2) is 0 Å². The zero-order valence-electron chi connectivity index (χ0n) is 8.51. The van der Waals surface area contributed by atoms with E-state index in [1.165, 1.54) is 4.90 Å². The molecule has 86 valence electrons. The quantitative estimate of drug-likeness (QED) is 0.782. The van der Waals surface area contributed by atoms with E-state index in [-0.39, 0.29) is 19.1 Å². The van der Waals surface area contributed by atoms with Gasteiger partial charge in [0.1, 0.15) is 5.82 Å². The van der Waals surface area contributed by atoms with Gasteiger partial charge in [-0.2, -0.15) is 4.37 Å². The van der Waals surface area contributed by atoms with E-state index in [9.17, 15) is 9.59 Å². The Morgan fingerprint density at radius 2 is 2.25 bits per heavy atom. The van der Waals surface area contributed by atoms with Crippen LogP contribution < -0.4 is 5.32 Å². The number of hydrogen-bond donors (Lipinski definition) is 2. The van der Waals surface area contributed by atoms with Gasteiger partial charge in [0, 0.05) is 24.6 Å². The molecule has 2 rings (SSSR count). The van der Waals surface area contributed by atoms with E-state index < -0.39 is 11.9 Å². The molecule has 0 radical (unpaired) electrons. The molecule has 0 unspecified atom stereocenters. The minimum atomic E-state index is -0.865. The number of nitrogens with one attached hydrogen (secondary N) is 1. The molecule has 2 N–H and O–H groups in total. The van der Waals surface area contributed by atoms with Crippen LogP contribution in [0, 0.1) is 12.8 Å². The number of aromatic nitrogens is 2. The summed E-state index contributed by atoms with van der Waals surface area (Å²) in [7, 11) is 0. The third-order valence-corrected chi connectivity index (χ3v) is 2.98. The standard InChI is InChI=1S/C8H10N4O3S/c1-4-9-7(16-11-4)10-8(15)12-2-5(3-12)6(13)14/h5H,2-3H2,1H3,(H,13,14)(H,9,10,11,15). The first kappa shape index (κ1) is 10.8. The third kappa shape index (κ3) is 2.11. The van der Waals surface area contributed by atoms with Gasteiger partial charge < -0.3 is 10.0 Å². The molecule has 0 atom stereocenters. The molecule has 1 saturated heterocycles. The molecular weight excluding hydrogens is 232 g/mol. The number of amides is 2. The molecule has 0 bridgehead atoms.